The molecule has 5 rings (SSSR count). The number of furan rings is 1. The van der Waals surface area contributed by atoms with Gasteiger partial charge in [-0.2, -0.15) is 0 Å². The normalized spacial score (nSPS) is 12.5. The van der Waals surface area contributed by atoms with E-state index in [1.165, 1.54) is 6.07 Å². The van der Waals surface area contributed by atoms with Gasteiger partial charge in [-0.15, -0.1) is 0 Å². The molecule has 1 N–H and O–H groups in total. The van der Waals surface area contributed by atoms with Crippen LogP contribution in [0.15, 0.2) is 79.3 Å². The topological polar surface area (TPSA) is 75.9 Å². The molecule has 0 atom stereocenters. The van der Waals surface area contributed by atoms with Crippen LogP contribution >= 0.6 is 0 Å². The van der Waals surface area contributed by atoms with E-state index in [4.69, 9.17) is 8.83 Å². The summed E-state index contributed by atoms with van der Waals surface area (Å²) < 4.78 is 11.3. The highest BCUT2D eigenvalue weighted by Gasteiger charge is 2.15. The molecule has 2 aromatic heterocycles. The fraction of sp³-hybridized carbons (Fsp3) is 0.154. The summed E-state index contributed by atoms with van der Waals surface area (Å²) in [5, 5.41) is 13.1. The quantitative estimate of drug-likeness (QED) is 0.268. The molecule has 0 spiro atoms. The second-order valence-electron chi connectivity index (χ2n) is 8.68. The van der Waals surface area contributed by atoms with Crippen molar-refractivity contribution in [2.24, 2.45) is 4.99 Å². The maximum Gasteiger partial charge on any atom is 0.336 e. The Kier molecular flexibility index (Phi) is 4.22. The van der Waals surface area contributed by atoms with Crippen LogP contribution in [0.5, 0.6) is 5.75 Å². The molecule has 5 heteroatoms. The molecule has 5 aromatic rings. The lowest BCUT2D eigenvalue weighted by Gasteiger charge is -2.19. The zero-order valence-electron chi connectivity index (χ0n) is 17.5. The highest BCUT2D eigenvalue weighted by molar-refractivity contribution is 6.11. The summed E-state index contributed by atoms with van der Waals surface area (Å²) in [6.45, 7) is 6.25. The number of benzene rings is 3. The number of hydrogen-bond donors (Lipinski definition) is 1. The lowest BCUT2D eigenvalue weighted by molar-refractivity contribution is 0.472. The van der Waals surface area contributed by atoms with Crippen molar-refractivity contribution in [3.8, 4) is 5.75 Å². The van der Waals surface area contributed by atoms with Gasteiger partial charge < -0.3 is 13.9 Å². The Labute approximate surface area is 178 Å². The third-order valence-corrected chi connectivity index (χ3v) is 5.46. The van der Waals surface area contributed by atoms with E-state index in [9.17, 15) is 9.90 Å². The monoisotopic (exact) mass is 411 g/mol. The summed E-state index contributed by atoms with van der Waals surface area (Å²) in [6.07, 6.45) is 1.58. The molecule has 0 aliphatic carbocycles. The zero-order valence-corrected chi connectivity index (χ0v) is 17.5. The average Bonchev–Trinajstić information content (AvgIpc) is 3.07. The first-order valence-corrected chi connectivity index (χ1v) is 10.1. The largest absolute Gasteiger partial charge is 0.506 e. The molecule has 3 aromatic carbocycles. The Morgan fingerprint density at radius 1 is 0.839 bits per heavy atom. The van der Waals surface area contributed by atoms with Crippen molar-refractivity contribution in [3.63, 3.8) is 0 Å². The van der Waals surface area contributed by atoms with E-state index < -0.39 is 5.63 Å². The van der Waals surface area contributed by atoms with Gasteiger partial charge in [0.2, 0.25) is 0 Å². The van der Waals surface area contributed by atoms with Crippen LogP contribution in [0.25, 0.3) is 32.9 Å². The van der Waals surface area contributed by atoms with E-state index in [1.54, 1.807) is 24.4 Å². The molecule has 2 heterocycles. The Hall–Kier alpha value is -3.86. The first kappa shape index (κ1) is 19.1. The van der Waals surface area contributed by atoms with E-state index in [-0.39, 0.29) is 11.2 Å². The maximum atomic E-state index is 12.1. The van der Waals surface area contributed by atoms with Crippen molar-refractivity contribution in [2.75, 3.05) is 0 Å². The molecular weight excluding hydrogens is 390 g/mol. The molecule has 31 heavy (non-hydrogen) atoms. The fourth-order valence-corrected chi connectivity index (χ4v) is 3.75. The Bertz CT molecular complexity index is 1550. The van der Waals surface area contributed by atoms with Gasteiger partial charge in [0.1, 0.15) is 28.2 Å². The van der Waals surface area contributed by atoms with Crippen molar-refractivity contribution in [1.29, 1.82) is 0 Å². The third-order valence-electron chi connectivity index (χ3n) is 5.46. The number of phenolic OH excluding ortho intramolecular Hbond substituents is 1. The molecule has 0 amide bonds. The van der Waals surface area contributed by atoms with Crippen molar-refractivity contribution in [1.82, 2.24) is 0 Å². The average molecular weight is 411 g/mol. The van der Waals surface area contributed by atoms with Crippen molar-refractivity contribution in [2.45, 2.75) is 26.2 Å². The minimum atomic E-state index is -0.475. The zero-order chi connectivity index (χ0) is 21.8. The predicted octanol–water partition coefficient (Wildman–Crippen LogP) is 6.45. The summed E-state index contributed by atoms with van der Waals surface area (Å²) in [5.74, 6) is 0.0964. The summed E-state index contributed by atoms with van der Waals surface area (Å²) in [4.78, 5) is 16.6. The number of para-hydroxylation sites is 1. The molecular formula is C26H21NO4. The van der Waals surface area contributed by atoms with Crippen LogP contribution in [0.2, 0.25) is 0 Å². The molecule has 0 fully saturated rings. The second kappa shape index (κ2) is 6.84. The molecule has 0 saturated carbocycles. The summed E-state index contributed by atoms with van der Waals surface area (Å²) in [5.41, 5.74) is 3.36. The van der Waals surface area contributed by atoms with Gasteiger partial charge in [-0.05, 0) is 35.2 Å². The fourth-order valence-electron chi connectivity index (χ4n) is 3.75. The number of phenols is 1. The van der Waals surface area contributed by atoms with Gasteiger partial charge in [-0.25, -0.2) is 4.79 Å². The van der Waals surface area contributed by atoms with Gasteiger partial charge >= 0.3 is 5.63 Å². The molecule has 154 valence electrons. The Morgan fingerprint density at radius 3 is 2.39 bits per heavy atom. The summed E-state index contributed by atoms with van der Waals surface area (Å²) in [7, 11) is 0. The molecule has 0 unspecified atom stereocenters. The lowest BCUT2D eigenvalue weighted by Crippen LogP contribution is -2.10. The van der Waals surface area contributed by atoms with E-state index in [2.05, 4.69) is 25.8 Å². The molecule has 0 saturated heterocycles. The minimum absolute atomic E-state index is 0.0763. The first-order chi connectivity index (χ1) is 14.8. The van der Waals surface area contributed by atoms with E-state index >= 15 is 0 Å². The number of aliphatic imine (C=N–C) groups is 1. The minimum Gasteiger partial charge on any atom is -0.506 e. The molecule has 0 radical (unpaired) electrons. The number of fused-ring (bicyclic) bond motifs is 4. The number of aromatic hydroxyl groups is 1. The smallest absolute Gasteiger partial charge is 0.336 e. The van der Waals surface area contributed by atoms with Gasteiger partial charge in [-0.3, -0.25) is 4.99 Å². The highest BCUT2D eigenvalue weighted by atomic mass is 16.4. The Balaban J connectivity index is 1.65. The molecule has 0 bridgehead atoms. The van der Waals surface area contributed by atoms with Crippen LogP contribution < -0.4 is 5.63 Å². The van der Waals surface area contributed by atoms with Crippen molar-refractivity contribution >= 4 is 44.8 Å². The van der Waals surface area contributed by atoms with E-state index in [0.717, 1.165) is 27.3 Å². The molecule has 0 aliphatic rings. The summed E-state index contributed by atoms with van der Waals surface area (Å²) >= 11 is 0. The van der Waals surface area contributed by atoms with Crippen LogP contribution in [-0.4, -0.2) is 11.3 Å². The SMILES string of the molecule is CC(C)(C)c1ccc(N=Cc2cc(=O)oc3cc4oc5ccccc5c4cc23)c(O)c1. The molecule has 0 aliphatic heterocycles. The Morgan fingerprint density at radius 2 is 1.61 bits per heavy atom. The second-order valence-corrected chi connectivity index (χ2v) is 8.68. The predicted molar refractivity (Wildman–Crippen MR) is 124 cm³/mol. The van der Waals surface area contributed by atoms with Gasteiger partial charge in [0, 0.05) is 40.1 Å². The number of nitrogens with zero attached hydrogens (tertiary/aromatic N) is 1. The van der Waals surface area contributed by atoms with Gasteiger partial charge in [0.15, 0.2) is 0 Å². The highest BCUT2D eigenvalue weighted by Crippen LogP contribution is 2.34. The van der Waals surface area contributed by atoms with E-state index in [0.29, 0.717) is 22.4 Å². The molecule has 5 nitrogen and oxygen atoms in total. The van der Waals surface area contributed by atoms with Gasteiger partial charge in [0.25, 0.3) is 0 Å². The lowest BCUT2D eigenvalue weighted by atomic mass is 9.87. The van der Waals surface area contributed by atoms with Crippen molar-refractivity contribution in [3.05, 3.63) is 82.2 Å². The van der Waals surface area contributed by atoms with Crippen LogP contribution in [-0.2, 0) is 5.41 Å². The first-order valence-electron chi connectivity index (χ1n) is 10.1. The van der Waals surface area contributed by atoms with Crippen LogP contribution in [0, 0.1) is 0 Å². The van der Waals surface area contributed by atoms with Gasteiger partial charge in [-0.1, -0.05) is 45.0 Å². The number of rotatable bonds is 2. The van der Waals surface area contributed by atoms with Crippen molar-refractivity contribution < 1.29 is 13.9 Å². The van der Waals surface area contributed by atoms with Gasteiger partial charge in [0.05, 0.1) is 0 Å². The summed E-state index contributed by atoms with van der Waals surface area (Å²) in [6, 6.07) is 18.3. The van der Waals surface area contributed by atoms with Crippen LogP contribution in [0.1, 0.15) is 31.9 Å². The number of hydrogen-bond acceptors (Lipinski definition) is 5. The van der Waals surface area contributed by atoms with Crippen LogP contribution in [0.4, 0.5) is 5.69 Å². The third kappa shape index (κ3) is 3.38. The van der Waals surface area contributed by atoms with E-state index in [1.807, 2.05) is 36.4 Å². The van der Waals surface area contributed by atoms with Crippen LogP contribution in [0.3, 0.4) is 0 Å². The standard InChI is InChI=1S/C26H21NO4/c1-26(2,3)16-8-9-20(21(28)11-16)27-14-15-10-25(29)31-23-13-24-19(12-18(15)23)17-6-4-5-7-22(17)30-24/h4-14,28H,1-3H3. The maximum absolute atomic E-state index is 12.1.